The number of para-hydroxylation sites is 1. The Morgan fingerprint density at radius 1 is 1.21 bits per heavy atom. The zero-order valence-electron chi connectivity index (χ0n) is 25.7. The molecule has 2 aromatic heterocycles. The Kier molecular flexibility index (Phi) is 18.2. The molecular weight excluding hydrogens is 556 g/mol. The molecule has 1 aliphatic heterocycles. The van der Waals surface area contributed by atoms with Gasteiger partial charge < -0.3 is 30.3 Å². The third kappa shape index (κ3) is 13.8. The molecule has 0 bridgehead atoms. The van der Waals surface area contributed by atoms with Crippen LogP contribution >= 0.6 is 0 Å². The Bertz CT molecular complexity index is 1270. The number of nitrogens with zero attached hydrogens (tertiary/aromatic N) is 3. The topological polar surface area (TPSA) is 130 Å². The van der Waals surface area contributed by atoms with Gasteiger partial charge in [-0.05, 0) is 57.4 Å². The van der Waals surface area contributed by atoms with E-state index in [-0.39, 0.29) is 32.0 Å². The predicted molar refractivity (Wildman–Crippen MR) is 169 cm³/mol. The van der Waals surface area contributed by atoms with Crippen LogP contribution in [0.25, 0.3) is 22.1 Å². The van der Waals surface area contributed by atoms with Crippen LogP contribution in [0.2, 0.25) is 0 Å². The number of terminal acetylenes is 1. The number of fused-ring (bicyclic) bond motifs is 3. The van der Waals surface area contributed by atoms with Crippen LogP contribution in [0.3, 0.4) is 0 Å². The van der Waals surface area contributed by atoms with Gasteiger partial charge in [0.25, 0.3) is 5.92 Å². The molecule has 4 rings (SSSR count). The number of nitrogens with two attached hydrogens (primary N) is 2. The molecule has 1 aromatic carbocycles. The number of aromatic nitrogens is 2. The summed E-state index contributed by atoms with van der Waals surface area (Å²) in [6, 6.07) is 7.77. The summed E-state index contributed by atoms with van der Waals surface area (Å²) in [6.07, 6.45) is 12.4. The van der Waals surface area contributed by atoms with Crippen LogP contribution in [0.4, 0.5) is 14.6 Å². The van der Waals surface area contributed by atoms with Gasteiger partial charge in [0.15, 0.2) is 17.2 Å². The molecule has 1 amide bonds. The number of hydrogen-bond donors (Lipinski definition) is 2. The van der Waals surface area contributed by atoms with Crippen molar-refractivity contribution < 1.29 is 27.5 Å². The number of hydrogen-bond acceptors (Lipinski definition) is 8. The van der Waals surface area contributed by atoms with Crippen LogP contribution < -0.4 is 16.4 Å². The Balaban J connectivity index is 0.000000512. The molecule has 1 fully saturated rings. The van der Waals surface area contributed by atoms with Gasteiger partial charge in [-0.15, -0.1) is 0 Å². The third-order valence-corrected chi connectivity index (χ3v) is 6.12. The minimum Gasteiger partial charge on any atom is -0.450 e. The molecule has 0 spiro atoms. The number of allylic oxidation sites excluding steroid dienone is 1. The van der Waals surface area contributed by atoms with Crippen LogP contribution in [0.1, 0.15) is 71.5 Å². The zero-order chi connectivity index (χ0) is 32.1. The first-order chi connectivity index (χ1) is 20.7. The summed E-state index contributed by atoms with van der Waals surface area (Å²) in [4.78, 5) is 21.1. The summed E-state index contributed by atoms with van der Waals surface area (Å²) in [7, 11) is 0. The van der Waals surface area contributed by atoms with Crippen molar-refractivity contribution in [2.24, 2.45) is 11.5 Å². The van der Waals surface area contributed by atoms with E-state index in [1.165, 1.54) is 12.8 Å². The number of halogens is 2. The fourth-order valence-corrected chi connectivity index (χ4v) is 3.79. The molecule has 4 N–H and O–H groups in total. The Morgan fingerprint density at radius 2 is 1.88 bits per heavy atom. The van der Waals surface area contributed by atoms with Crippen LogP contribution in [0.5, 0.6) is 0 Å². The van der Waals surface area contributed by atoms with E-state index in [0.29, 0.717) is 30.5 Å². The van der Waals surface area contributed by atoms with Gasteiger partial charge in [0, 0.05) is 37.9 Å². The maximum atomic E-state index is 13.2. The number of benzene rings is 1. The smallest absolute Gasteiger partial charge is 0.266 e. The van der Waals surface area contributed by atoms with Crippen molar-refractivity contribution in [1.82, 2.24) is 9.97 Å². The largest absolute Gasteiger partial charge is 0.450 e. The first-order valence-corrected chi connectivity index (χ1v) is 14.8. The van der Waals surface area contributed by atoms with Gasteiger partial charge >= 0.3 is 0 Å². The molecule has 238 valence electrons. The summed E-state index contributed by atoms with van der Waals surface area (Å²) >= 11 is 0. The third-order valence-electron chi connectivity index (χ3n) is 6.12. The maximum absolute atomic E-state index is 13.2. The minimum atomic E-state index is -2.85. The molecule has 1 aliphatic rings. The van der Waals surface area contributed by atoms with E-state index in [2.05, 4.69) is 45.3 Å². The number of carbonyl (C=O) groups excluding carboxylic acids is 1. The van der Waals surface area contributed by atoms with Crippen LogP contribution in [0, 0.1) is 12.5 Å². The van der Waals surface area contributed by atoms with Crippen molar-refractivity contribution in [3.8, 4) is 12.5 Å². The highest BCUT2D eigenvalue weighted by atomic mass is 19.3. The molecule has 0 atom stereocenters. The average molecular weight is 604 g/mol. The zero-order valence-corrected chi connectivity index (χ0v) is 25.7. The molecule has 1 saturated heterocycles. The monoisotopic (exact) mass is 603 g/mol. The highest BCUT2D eigenvalue weighted by Crippen LogP contribution is 2.34. The molecule has 3 aromatic rings. The number of rotatable bonds is 12. The Labute approximate surface area is 254 Å². The SMILES string of the molecule is C#COCC.C=CC(F)(F)CCCOCc1nc(N2CCCC2)c2oc3ccccc3c2n1.CCC(N)=O.CCCCN. The van der Waals surface area contributed by atoms with Gasteiger partial charge in [-0.2, -0.15) is 0 Å². The quantitative estimate of drug-likeness (QED) is 0.139. The molecule has 43 heavy (non-hydrogen) atoms. The molecular formula is C32H47F2N5O4. The molecule has 0 radical (unpaired) electrons. The Hall–Kier alpha value is -3.75. The number of anilines is 1. The first kappa shape index (κ1) is 37.3. The fraction of sp³-hybridized carbons (Fsp3) is 0.531. The Morgan fingerprint density at radius 3 is 2.40 bits per heavy atom. The number of amides is 1. The number of unbranched alkanes of at least 4 members (excludes halogenated alkanes) is 1. The van der Waals surface area contributed by atoms with Crippen LogP contribution in [0.15, 0.2) is 41.3 Å². The molecule has 11 heteroatoms. The summed E-state index contributed by atoms with van der Waals surface area (Å²) in [6.45, 7) is 12.6. The van der Waals surface area contributed by atoms with Crippen molar-refractivity contribution in [3.05, 3.63) is 42.7 Å². The van der Waals surface area contributed by atoms with E-state index in [9.17, 15) is 13.6 Å². The number of alkyl halides is 2. The van der Waals surface area contributed by atoms with Gasteiger partial charge in [0.1, 0.15) is 23.8 Å². The van der Waals surface area contributed by atoms with Crippen molar-refractivity contribution >= 4 is 33.8 Å². The second-order valence-corrected chi connectivity index (χ2v) is 9.57. The maximum Gasteiger partial charge on any atom is 0.266 e. The second kappa shape index (κ2) is 21.0. The summed E-state index contributed by atoms with van der Waals surface area (Å²) in [5.74, 6) is -1.77. The predicted octanol–water partition coefficient (Wildman–Crippen LogP) is 6.33. The highest BCUT2D eigenvalue weighted by Gasteiger charge is 2.24. The highest BCUT2D eigenvalue weighted by molar-refractivity contribution is 6.05. The van der Waals surface area contributed by atoms with E-state index in [4.69, 9.17) is 14.9 Å². The molecule has 0 aliphatic carbocycles. The average Bonchev–Trinajstić information content (AvgIpc) is 3.67. The van der Waals surface area contributed by atoms with Crippen molar-refractivity contribution in [2.75, 3.05) is 37.7 Å². The van der Waals surface area contributed by atoms with Crippen LogP contribution in [-0.2, 0) is 20.9 Å². The first-order valence-electron chi connectivity index (χ1n) is 14.8. The fourth-order valence-electron chi connectivity index (χ4n) is 3.79. The molecule has 0 saturated carbocycles. The molecule has 3 heterocycles. The second-order valence-electron chi connectivity index (χ2n) is 9.57. The van der Waals surface area contributed by atoms with E-state index < -0.39 is 5.92 Å². The van der Waals surface area contributed by atoms with Gasteiger partial charge in [-0.3, -0.25) is 4.79 Å². The van der Waals surface area contributed by atoms with Crippen LogP contribution in [-0.4, -0.2) is 54.6 Å². The lowest BCUT2D eigenvalue weighted by Gasteiger charge is -2.17. The summed E-state index contributed by atoms with van der Waals surface area (Å²) < 4.78 is 42.4. The van der Waals surface area contributed by atoms with E-state index in [0.717, 1.165) is 54.8 Å². The van der Waals surface area contributed by atoms with Gasteiger partial charge in [0.05, 0.1) is 6.61 Å². The van der Waals surface area contributed by atoms with E-state index >= 15 is 0 Å². The van der Waals surface area contributed by atoms with Crippen molar-refractivity contribution in [3.63, 3.8) is 0 Å². The van der Waals surface area contributed by atoms with Gasteiger partial charge in [-0.1, -0.05) is 45.4 Å². The van der Waals surface area contributed by atoms with Crippen molar-refractivity contribution in [1.29, 1.82) is 0 Å². The van der Waals surface area contributed by atoms with E-state index in [1.54, 1.807) is 6.92 Å². The standard InChI is InChI=1S/C21H23F2N3O2.C4H11N.C4H6O.C3H7NO/c1-2-21(22,23)10-7-13-27-14-17-24-18-15-8-3-4-9-16(15)28-19(18)20(25-17)26-11-5-6-12-26;1-2-3-4-5;1-3-5-4-2;1-2-3(4)5/h2-4,8-9H,1,5-7,10-14H2;2-5H2,1H3;1H,4H2,2H3;2H2,1H3,(H2,4,5). The molecule has 0 unspecified atom stereocenters. The van der Waals surface area contributed by atoms with E-state index in [1.807, 2.05) is 37.3 Å². The number of primary amides is 1. The van der Waals surface area contributed by atoms with Gasteiger partial charge in [0.2, 0.25) is 5.91 Å². The number of furan rings is 1. The summed E-state index contributed by atoms with van der Waals surface area (Å²) in [5.41, 5.74) is 12.0. The lowest BCUT2D eigenvalue weighted by atomic mass is 10.2. The minimum absolute atomic E-state index is 0.177. The summed E-state index contributed by atoms with van der Waals surface area (Å²) in [5, 5.41) is 0.937. The van der Waals surface area contributed by atoms with Gasteiger partial charge in [-0.25, -0.2) is 18.7 Å². The number of carbonyl (C=O) groups is 1. The normalized spacial score (nSPS) is 12.3. The lowest BCUT2D eigenvalue weighted by molar-refractivity contribution is -0.117. The number of ether oxygens (including phenoxy) is 2. The molecule has 9 nitrogen and oxygen atoms in total. The lowest BCUT2D eigenvalue weighted by Crippen LogP contribution is -2.20. The van der Waals surface area contributed by atoms with Crippen molar-refractivity contribution in [2.45, 2.75) is 78.2 Å².